The van der Waals surface area contributed by atoms with Crippen LogP contribution in [0.4, 0.5) is 4.79 Å². The molecular weight excluding hydrogens is 270 g/mol. The lowest BCUT2D eigenvalue weighted by Crippen LogP contribution is -2.33. The summed E-state index contributed by atoms with van der Waals surface area (Å²) in [6.07, 6.45) is 2.02. The molecule has 0 aliphatic rings. The average molecular weight is 301 g/mol. The van der Waals surface area contributed by atoms with E-state index in [1.807, 2.05) is 48.5 Å². The van der Waals surface area contributed by atoms with E-state index in [4.69, 9.17) is 9.47 Å². The van der Waals surface area contributed by atoms with Crippen LogP contribution in [0.2, 0.25) is 0 Å². The van der Waals surface area contributed by atoms with Gasteiger partial charge in [-0.3, -0.25) is 4.79 Å². The molecule has 0 aromatic rings. The van der Waals surface area contributed by atoms with E-state index in [1.165, 1.54) is 0 Å². The van der Waals surface area contributed by atoms with Crippen LogP contribution in [0, 0.1) is 5.92 Å². The molecule has 5 nitrogen and oxygen atoms in total. The van der Waals surface area contributed by atoms with E-state index in [9.17, 15) is 9.59 Å². The van der Waals surface area contributed by atoms with Crippen LogP contribution in [0.1, 0.15) is 67.7 Å². The van der Waals surface area contributed by atoms with Gasteiger partial charge in [0, 0.05) is 6.54 Å². The summed E-state index contributed by atoms with van der Waals surface area (Å²) < 4.78 is 10.5. The molecule has 0 bridgehead atoms. The topological polar surface area (TPSA) is 64.6 Å². The lowest BCUT2D eigenvalue weighted by Gasteiger charge is -2.22. The molecule has 21 heavy (non-hydrogen) atoms. The molecule has 124 valence electrons. The molecule has 0 aromatic heterocycles. The van der Waals surface area contributed by atoms with Crippen LogP contribution in [0.15, 0.2) is 0 Å². The predicted molar refractivity (Wildman–Crippen MR) is 83.1 cm³/mol. The number of carbonyl (C=O) groups is 2. The molecule has 0 heterocycles. The van der Waals surface area contributed by atoms with Crippen LogP contribution in [0.5, 0.6) is 0 Å². The summed E-state index contributed by atoms with van der Waals surface area (Å²) >= 11 is 0. The van der Waals surface area contributed by atoms with Gasteiger partial charge in [0.2, 0.25) is 0 Å². The summed E-state index contributed by atoms with van der Waals surface area (Å²) in [6, 6.07) is 0. The number of esters is 1. The van der Waals surface area contributed by atoms with Crippen LogP contribution >= 0.6 is 0 Å². The van der Waals surface area contributed by atoms with Gasteiger partial charge in [0.1, 0.15) is 11.2 Å². The van der Waals surface area contributed by atoms with Gasteiger partial charge >= 0.3 is 12.1 Å². The summed E-state index contributed by atoms with van der Waals surface area (Å²) in [4.78, 5) is 23.2. The Morgan fingerprint density at radius 2 is 1.48 bits per heavy atom. The Labute approximate surface area is 128 Å². The quantitative estimate of drug-likeness (QED) is 0.600. The van der Waals surface area contributed by atoms with Crippen molar-refractivity contribution in [3.8, 4) is 0 Å². The van der Waals surface area contributed by atoms with Crippen molar-refractivity contribution in [3.05, 3.63) is 0 Å². The SMILES string of the molecule is CC(CCCCNC(=O)OC(C)(C)C)C(=O)OC(C)(C)C. The number of rotatable bonds is 6. The zero-order chi connectivity index (χ0) is 16.7. The minimum absolute atomic E-state index is 0.120. The number of unbranched alkanes of at least 4 members (excludes halogenated alkanes) is 1. The van der Waals surface area contributed by atoms with Gasteiger partial charge < -0.3 is 14.8 Å². The van der Waals surface area contributed by atoms with Crippen LogP contribution in [-0.2, 0) is 14.3 Å². The molecule has 0 saturated carbocycles. The second kappa shape index (κ2) is 8.25. The largest absolute Gasteiger partial charge is 0.460 e. The lowest BCUT2D eigenvalue weighted by molar-refractivity contribution is -0.159. The molecule has 0 aliphatic carbocycles. The van der Waals surface area contributed by atoms with E-state index in [2.05, 4.69) is 5.32 Å². The van der Waals surface area contributed by atoms with E-state index in [1.54, 1.807) is 0 Å². The van der Waals surface area contributed by atoms with Crippen LogP contribution in [0.3, 0.4) is 0 Å². The first-order valence-corrected chi connectivity index (χ1v) is 7.60. The first-order chi connectivity index (χ1) is 9.41. The molecule has 1 amide bonds. The Bertz CT molecular complexity index is 339. The number of amides is 1. The van der Waals surface area contributed by atoms with Gasteiger partial charge in [-0.2, -0.15) is 0 Å². The molecule has 0 fully saturated rings. The molecule has 1 unspecified atom stereocenters. The van der Waals surface area contributed by atoms with E-state index >= 15 is 0 Å². The van der Waals surface area contributed by atoms with E-state index in [0.717, 1.165) is 19.3 Å². The maximum atomic E-state index is 11.8. The smallest absolute Gasteiger partial charge is 0.407 e. The van der Waals surface area contributed by atoms with Gasteiger partial charge in [0.15, 0.2) is 0 Å². The molecule has 0 aliphatic heterocycles. The van der Waals surface area contributed by atoms with E-state index in [0.29, 0.717) is 6.54 Å². The third kappa shape index (κ3) is 12.2. The highest BCUT2D eigenvalue weighted by atomic mass is 16.6. The third-order valence-electron chi connectivity index (χ3n) is 2.54. The van der Waals surface area contributed by atoms with Crippen molar-refractivity contribution in [1.29, 1.82) is 0 Å². The predicted octanol–water partition coefficient (Wildman–Crippen LogP) is 3.66. The Kier molecular flexibility index (Phi) is 7.75. The third-order valence-corrected chi connectivity index (χ3v) is 2.54. The Morgan fingerprint density at radius 1 is 0.952 bits per heavy atom. The summed E-state index contributed by atoms with van der Waals surface area (Å²) in [5.41, 5.74) is -0.918. The van der Waals surface area contributed by atoms with Crippen molar-refractivity contribution in [3.63, 3.8) is 0 Å². The molecular formula is C16H31NO4. The Hall–Kier alpha value is -1.26. The molecule has 1 atom stereocenters. The highest BCUT2D eigenvalue weighted by molar-refractivity contribution is 5.72. The maximum absolute atomic E-state index is 11.8. The monoisotopic (exact) mass is 301 g/mol. The number of ether oxygens (including phenoxy) is 2. The normalized spacial score (nSPS) is 13.5. The number of hydrogen-bond donors (Lipinski definition) is 1. The zero-order valence-corrected chi connectivity index (χ0v) is 14.5. The Balaban J connectivity index is 3.76. The number of carbonyl (C=O) groups excluding carboxylic acids is 2. The molecule has 0 spiro atoms. The van der Waals surface area contributed by atoms with Crippen molar-refractivity contribution in [2.45, 2.75) is 78.9 Å². The summed E-state index contributed by atoms with van der Waals surface area (Å²) in [7, 11) is 0. The van der Waals surface area contributed by atoms with Crippen LogP contribution in [0.25, 0.3) is 0 Å². The van der Waals surface area contributed by atoms with Gasteiger partial charge in [-0.05, 0) is 54.4 Å². The van der Waals surface area contributed by atoms with Crippen molar-refractivity contribution < 1.29 is 19.1 Å². The number of nitrogens with one attached hydrogen (secondary N) is 1. The van der Waals surface area contributed by atoms with Crippen molar-refractivity contribution >= 4 is 12.1 Å². The Morgan fingerprint density at radius 3 is 1.95 bits per heavy atom. The zero-order valence-electron chi connectivity index (χ0n) is 14.5. The molecule has 0 radical (unpaired) electrons. The summed E-state index contributed by atoms with van der Waals surface area (Å²) in [6.45, 7) is 13.5. The van der Waals surface area contributed by atoms with Gasteiger partial charge in [0.25, 0.3) is 0 Å². The molecule has 0 saturated heterocycles. The van der Waals surface area contributed by atoms with E-state index in [-0.39, 0.29) is 11.9 Å². The van der Waals surface area contributed by atoms with Crippen molar-refractivity contribution in [2.24, 2.45) is 5.92 Å². The minimum Gasteiger partial charge on any atom is -0.460 e. The summed E-state index contributed by atoms with van der Waals surface area (Å²) in [5, 5.41) is 2.70. The molecule has 5 heteroatoms. The lowest BCUT2D eigenvalue weighted by atomic mass is 10.0. The maximum Gasteiger partial charge on any atom is 0.407 e. The standard InChI is InChI=1S/C16H31NO4/c1-12(13(18)20-15(2,3)4)10-8-9-11-17-14(19)21-16(5,6)7/h12H,8-11H2,1-7H3,(H,17,19). The van der Waals surface area contributed by atoms with Gasteiger partial charge in [-0.25, -0.2) is 4.79 Å². The highest BCUT2D eigenvalue weighted by Crippen LogP contribution is 2.15. The fourth-order valence-corrected chi connectivity index (χ4v) is 1.60. The fraction of sp³-hybridized carbons (Fsp3) is 0.875. The minimum atomic E-state index is -0.477. The van der Waals surface area contributed by atoms with Gasteiger partial charge in [0.05, 0.1) is 5.92 Å². The van der Waals surface area contributed by atoms with Crippen LogP contribution in [-0.4, -0.2) is 29.8 Å². The second-order valence-corrected chi connectivity index (χ2v) is 7.36. The summed E-state index contributed by atoms with van der Waals surface area (Å²) in [5.74, 6) is -0.284. The number of alkyl carbamates (subject to hydrolysis) is 1. The second-order valence-electron chi connectivity index (χ2n) is 7.36. The fourth-order valence-electron chi connectivity index (χ4n) is 1.60. The van der Waals surface area contributed by atoms with E-state index < -0.39 is 17.3 Å². The first kappa shape index (κ1) is 19.7. The first-order valence-electron chi connectivity index (χ1n) is 7.60. The van der Waals surface area contributed by atoms with Gasteiger partial charge in [-0.1, -0.05) is 13.3 Å². The van der Waals surface area contributed by atoms with Crippen LogP contribution < -0.4 is 5.32 Å². The highest BCUT2D eigenvalue weighted by Gasteiger charge is 2.21. The molecule has 0 aromatic carbocycles. The van der Waals surface area contributed by atoms with Gasteiger partial charge in [-0.15, -0.1) is 0 Å². The number of hydrogen-bond acceptors (Lipinski definition) is 4. The van der Waals surface area contributed by atoms with Crippen molar-refractivity contribution in [2.75, 3.05) is 6.54 Å². The average Bonchev–Trinajstić information content (AvgIpc) is 2.23. The molecule has 1 N–H and O–H groups in total. The molecule has 0 rings (SSSR count). The van der Waals surface area contributed by atoms with Crippen molar-refractivity contribution in [1.82, 2.24) is 5.32 Å².